The van der Waals surface area contributed by atoms with E-state index in [2.05, 4.69) is 23.7 Å². The second-order valence-electron chi connectivity index (χ2n) is 8.59. The minimum atomic E-state index is -1.55. The molecule has 0 radical (unpaired) electrons. The Kier molecular flexibility index (Phi) is 16.7. The summed E-state index contributed by atoms with van der Waals surface area (Å²) in [4.78, 5) is 84.4. The molecule has 0 aliphatic rings. The Hall–Kier alpha value is -3.79. The van der Waals surface area contributed by atoms with Gasteiger partial charge in [-0.3, -0.25) is 19.2 Å². The minimum absolute atomic E-state index is 0.0470. The highest BCUT2D eigenvalue weighted by atomic mass is 16.7. The van der Waals surface area contributed by atoms with Crippen LogP contribution in [0.15, 0.2) is 0 Å². The van der Waals surface area contributed by atoms with E-state index in [9.17, 15) is 33.6 Å². The highest BCUT2D eigenvalue weighted by Gasteiger charge is 2.39. The fraction of sp³-hybridized carbons (Fsp3) is 0.708. The van der Waals surface area contributed by atoms with Gasteiger partial charge < -0.3 is 37.9 Å². The summed E-state index contributed by atoms with van der Waals surface area (Å²) in [6.07, 6.45) is -3.64. The van der Waals surface area contributed by atoms with Crippen molar-refractivity contribution >= 4 is 42.3 Å². The molecule has 0 aliphatic heterocycles. The lowest BCUT2D eigenvalue weighted by Crippen LogP contribution is -2.47. The molecule has 0 saturated carbocycles. The molecule has 0 aliphatic carbocycles. The van der Waals surface area contributed by atoms with Crippen LogP contribution in [0.5, 0.6) is 0 Å². The van der Waals surface area contributed by atoms with Gasteiger partial charge in [-0.2, -0.15) is 0 Å². The lowest BCUT2D eigenvalue weighted by molar-refractivity contribution is -0.181. The summed E-state index contributed by atoms with van der Waals surface area (Å²) >= 11 is 0. The maximum absolute atomic E-state index is 12.7. The van der Waals surface area contributed by atoms with Crippen molar-refractivity contribution in [2.45, 2.75) is 57.3 Å². The normalized spacial score (nSPS) is 13.1. The van der Waals surface area contributed by atoms with Gasteiger partial charge in [-0.05, 0) is 20.3 Å². The van der Waals surface area contributed by atoms with Gasteiger partial charge in [-0.15, -0.1) is 0 Å². The zero-order chi connectivity index (χ0) is 30.9. The van der Waals surface area contributed by atoms with Gasteiger partial charge in [0.25, 0.3) is 0 Å². The summed E-state index contributed by atoms with van der Waals surface area (Å²) in [5.41, 5.74) is -1.23. The topological polar surface area (TPSA) is 197 Å². The average Bonchev–Trinajstić information content (AvgIpc) is 2.93. The SMILES string of the molecule is COC(=O)CC[C@@H](C(=O)OC)N(C=O)C(=O)OC(C)(C)CCOCO[C@@H](C(=O)OC)[C@H](CC(=O)OC)C(=O)OC. The van der Waals surface area contributed by atoms with Crippen molar-refractivity contribution in [1.29, 1.82) is 0 Å². The molecule has 16 nitrogen and oxygen atoms in total. The molecule has 0 saturated heterocycles. The summed E-state index contributed by atoms with van der Waals surface area (Å²) in [6.45, 7) is 2.37. The van der Waals surface area contributed by atoms with Gasteiger partial charge >= 0.3 is 35.9 Å². The Labute approximate surface area is 231 Å². The predicted molar refractivity (Wildman–Crippen MR) is 130 cm³/mol. The van der Waals surface area contributed by atoms with E-state index in [0.29, 0.717) is 4.90 Å². The minimum Gasteiger partial charge on any atom is -0.469 e. The first-order chi connectivity index (χ1) is 18.8. The first kappa shape index (κ1) is 36.2. The fourth-order valence-electron chi connectivity index (χ4n) is 3.14. The molecule has 2 amide bonds. The van der Waals surface area contributed by atoms with E-state index in [1.54, 1.807) is 0 Å². The van der Waals surface area contributed by atoms with Crippen LogP contribution in [-0.4, -0.2) is 114 Å². The molecule has 0 aromatic rings. The number of methoxy groups -OCH3 is 5. The van der Waals surface area contributed by atoms with Crippen LogP contribution < -0.4 is 0 Å². The zero-order valence-corrected chi connectivity index (χ0v) is 23.6. The summed E-state index contributed by atoms with van der Waals surface area (Å²) < 4.78 is 39.0. The molecule has 0 bridgehead atoms. The van der Waals surface area contributed by atoms with Crippen LogP contribution in [0.4, 0.5) is 4.79 Å². The molecule has 0 aromatic carbocycles. The van der Waals surface area contributed by atoms with Gasteiger partial charge in [-0.1, -0.05) is 0 Å². The molecule has 0 aromatic heterocycles. The summed E-state index contributed by atoms with van der Waals surface area (Å²) in [5.74, 6) is -5.64. The molecular weight excluding hydrogens is 542 g/mol. The van der Waals surface area contributed by atoms with E-state index in [1.165, 1.54) is 13.8 Å². The smallest absolute Gasteiger partial charge is 0.417 e. The maximum Gasteiger partial charge on any atom is 0.417 e. The number of carbonyl (C=O) groups excluding carboxylic acids is 7. The lowest BCUT2D eigenvalue weighted by Gasteiger charge is -2.30. The van der Waals surface area contributed by atoms with Crippen molar-refractivity contribution in [2.24, 2.45) is 5.92 Å². The number of ether oxygens (including phenoxy) is 8. The van der Waals surface area contributed by atoms with Gasteiger partial charge in [0, 0.05) is 12.8 Å². The Morgan fingerprint density at radius 3 is 1.88 bits per heavy atom. The van der Waals surface area contributed by atoms with E-state index in [1.807, 2.05) is 0 Å². The Balaban J connectivity index is 5.19. The van der Waals surface area contributed by atoms with Gasteiger partial charge in [-0.25, -0.2) is 19.3 Å². The fourth-order valence-corrected chi connectivity index (χ4v) is 3.14. The van der Waals surface area contributed by atoms with Crippen molar-refractivity contribution in [1.82, 2.24) is 4.90 Å². The molecule has 0 fully saturated rings. The number of nitrogens with zero attached hydrogens (tertiary/aromatic N) is 1. The largest absolute Gasteiger partial charge is 0.469 e. The van der Waals surface area contributed by atoms with Crippen LogP contribution >= 0.6 is 0 Å². The standard InChI is InChI=1S/C24H37NO15/c1-24(2,40-23(32)25(13-26)16(21(30)36-6)8-9-17(27)33-3)10-11-38-14-39-19(22(31)37-7)15(20(29)35-5)12-18(28)34-4/h13,15-16,19H,8-12,14H2,1-7H3/t15-,16-,19+/m0/s1. The van der Waals surface area contributed by atoms with Gasteiger partial charge in [0.2, 0.25) is 6.41 Å². The van der Waals surface area contributed by atoms with E-state index >= 15 is 0 Å². The third-order valence-corrected chi connectivity index (χ3v) is 5.44. The molecular formula is C24H37NO15. The second kappa shape index (κ2) is 18.5. The van der Waals surface area contributed by atoms with Gasteiger partial charge in [0.05, 0.1) is 48.6 Å². The Morgan fingerprint density at radius 2 is 1.38 bits per heavy atom. The number of carbonyl (C=O) groups is 7. The molecule has 228 valence electrons. The lowest BCUT2D eigenvalue weighted by atomic mass is 9.98. The Morgan fingerprint density at radius 1 is 0.800 bits per heavy atom. The molecule has 0 heterocycles. The first-order valence-corrected chi connectivity index (χ1v) is 11.8. The van der Waals surface area contributed by atoms with Crippen LogP contribution in [0.25, 0.3) is 0 Å². The molecule has 40 heavy (non-hydrogen) atoms. The molecule has 0 spiro atoms. The number of rotatable bonds is 18. The number of amides is 2. The highest BCUT2D eigenvalue weighted by molar-refractivity contribution is 5.89. The first-order valence-electron chi connectivity index (χ1n) is 11.8. The third kappa shape index (κ3) is 12.4. The van der Waals surface area contributed by atoms with Crippen LogP contribution in [-0.2, 0) is 66.7 Å². The molecule has 0 N–H and O–H groups in total. The highest BCUT2D eigenvalue weighted by Crippen LogP contribution is 2.20. The summed E-state index contributed by atoms with van der Waals surface area (Å²) in [7, 11) is 5.44. The Bertz CT molecular complexity index is 887. The zero-order valence-electron chi connectivity index (χ0n) is 23.6. The predicted octanol–water partition coefficient (Wildman–Crippen LogP) is 0.130. The number of hydrogen-bond acceptors (Lipinski definition) is 15. The summed E-state index contributed by atoms with van der Waals surface area (Å²) in [5, 5.41) is 0. The van der Waals surface area contributed by atoms with E-state index < -0.39 is 72.8 Å². The number of esters is 5. The van der Waals surface area contributed by atoms with Crippen molar-refractivity contribution < 1.29 is 71.5 Å². The maximum atomic E-state index is 12.7. The third-order valence-electron chi connectivity index (χ3n) is 5.44. The van der Waals surface area contributed by atoms with E-state index in [4.69, 9.17) is 14.2 Å². The van der Waals surface area contributed by atoms with Crippen LogP contribution in [0.1, 0.15) is 39.5 Å². The van der Waals surface area contributed by atoms with Crippen molar-refractivity contribution in [3.05, 3.63) is 0 Å². The van der Waals surface area contributed by atoms with Gasteiger partial charge in [0.15, 0.2) is 6.10 Å². The quantitative estimate of drug-likeness (QED) is 0.0697. The average molecular weight is 580 g/mol. The molecule has 0 unspecified atom stereocenters. The van der Waals surface area contributed by atoms with Gasteiger partial charge in [0.1, 0.15) is 24.4 Å². The second-order valence-corrected chi connectivity index (χ2v) is 8.59. The number of imide groups is 1. The molecule has 16 heteroatoms. The monoisotopic (exact) mass is 579 g/mol. The number of hydrogen-bond donors (Lipinski definition) is 0. The van der Waals surface area contributed by atoms with Crippen molar-refractivity contribution in [3.8, 4) is 0 Å². The van der Waals surface area contributed by atoms with Crippen LogP contribution in [0, 0.1) is 5.92 Å². The van der Waals surface area contributed by atoms with Crippen LogP contribution in [0.3, 0.4) is 0 Å². The van der Waals surface area contributed by atoms with E-state index in [-0.39, 0.29) is 32.3 Å². The summed E-state index contributed by atoms with van der Waals surface area (Å²) in [6, 6.07) is -1.43. The van der Waals surface area contributed by atoms with Crippen molar-refractivity contribution in [2.75, 3.05) is 48.9 Å². The molecule has 0 rings (SSSR count). The van der Waals surface area contributed by atoms with Crippen molar-refractivity contribution in [3.63, 3.8) is 0 Å². The molecule has 3 atom stereocenters. The van der Waals surface area contributed by atoms with E-state index in [0.717, 1.165) is 35.5 Å². The van der Waals surface area contributed by atoms with Crippen LogP contribution in [0.2, 0.25) is 0 Å².